The van der Waals surface area contributed by atoms with Crippen LogP contribution in [0, 0.1) is 0 Å². The van der Waals surface area contributed by atoms with E-state index in [2.05, 4.69) is 23.4 Å². The summed E-state index contributed by atoms with van der Waals surface area (Å²) in [5.41, 5.74) is 1.26. The van der Waals surface area contributed by atoms with Gasteiger partial charge in [-0.1, -0.05) is 0 Å². The molecule has 0 atom stereocenters. The number of rotatable bonds is 2. The maximum Gasteiger partial charge on any atom is 0.126 e. The quantitative estimate of drug-likeness (QED) is 0.552. The Labute approximate surface area is 52.7 Å². The van der Waals surface area contributed by atoms with Crippen LogP contribution in [-0.2, 0) is 0 Å². The van der Waals surface area contributed by atoms with Crippen LogP contribution in [0.5, 0.6) is 0 Å². The molecule has 0 saturated heterocycles. The third kappa shape index (κ3) is 0.887. The molecule has 0 aliphatic heterocycles. The zero-order valence-electron chi connectivity index (χ0n) is 4.87. The van der Waals surface area contributed by atoms with Crippen LogP contribution in [0.1, 0.15) is 0 Å². The van der Waals surface area contributed by atoms with Gasteiger partial charge in [-0.3, -0.25) is 9.98 Å². The van der Waals surface area contributed by atoms with Gasteiger partial charge >= 0.3 is 0 Å². The minimum absolute atomic E-state index is 0.630. The first kappa shape index (κ1) is 5.75. The van der Waals surface area contributed by atoms with Crippen molar-refractivity contribution in [2.45, 2.75) is 0 Å². The summed E-state index contributed by atoms with van der Waals surface area (Å²) < 4.78 is 4.76. The molecule has 0 bridgehead atoms. The molecule has 3 nitrogen and oxygen atoms in total. The van der Waals surface area contributed by atoms with Crippen molar-refractivity contribution in [1.82, 2.24) is 0 Å². The van der Waals surface area contributed by atoms with Crippen LogP contribution in [-0.4, -0.2) is 13.4 Å². The monoisotopic (exact) mass is 122 g/mol. The van der Waals surface area contributed by atoms with E-state index in [4.69, 9.17) is 4.42 Å². The van der Waals surface area contributed by atoms with Crippen molar-refractivity contribution >= 4 is 24.8 Å². The zero-order chi connectivity index (χ0) is 6.69. The van der Waals surface area contributed by atoms with E-state index in [0.717, 1.165) is 0 Å². The lowest BCUT2D eigenvalue weighted by Gasteiger charge is -1.82. The smallest absolute Gasteiger partial charge is 0.126 e. The van der Waals surface area contributed by atoms with Gasteiger partial charge in [-0.05, 0) is 13.4 Å². The van der Waals surface area contributed by atoms with Crippen molar-refractivity contribution in [2.24, 2.45) is 9.98 Å². The van der Waals surface area contributed by atoms with E-state index in [1.807, 2.05) is 0 Å². The molecular formula is C6H6N2O. The molecule has 1 rings (SSSR count). The summed E-state index contributed by atoms with van der Waals surface area (Å²) in [5, 5.41) is 0. The molecule has 0 saturated carbocycles. The van der Waals surface area contributed by atoms with Crippen molar-refractivity contribution in [2.75, 3.05) is 0 Å². The molecule has 1 aromatic rings. The van der Waals surface area contributed by atoms with Gasteiger partial charge in [0.05, 0.1) is 0 Å². The Morgan fingerprint density at radius 3 is 1.89 bits per heavy atom. The van der Waals surface area contributed by atoms with Gasteiger partial charge < -0.3 is 4.42 Å². The number of aliphatic imine (C=N–C) groups is 2. The standard InChI is InChI=1S/C6H6N2O/c1-7-5-3-9-4-6(5)8-2/h3-4H,1-2H2. The van der Waals surface area contributed by atoms with Crippen LogP contribution >= 0.6 is 0 Å². The average Bonchev–Trinajstić information content (AvgIpc) is 2.33. The fourth-order valence-electron chi connectivity index (χ4n) is 0.520. The molecule has 0 amide bonds. The second-order valence-electron chi connectivity index (χ2n) is 1.46. The third-order valence-electron chi connectivity index (χ3n) is 0.962. The van der Waals surface area contributed by atoms with Crippen LogP contribution in [0.4, 0.5) is 11.4 Å². The summed E-state index contributed by atoms with van der Waals surface area (Å²) in [5.74, 6) is 0. The lowest BCUT2D eigenvalue weighted by molar-refractivity contribution is 0.568. The Hall–Kier alpha value is -1.38. The lowest BCUT2D eigenvalue weighted by atomic mass is 10.5. The van der Waals surface area contributed by atoms with Gasteiger partial charge in [-0.15, -0.1) is 0 Å². The van der Waals surface area contributed by atoms with Gasteiger partial charge in [0.15, 0.2) is 0 Å². The van der Waals surface area contributed by atoms with Gasteiger partial charge in [0, 0.05) is 0 Å². The van der Waals surface area contributed by atoms with E-state index in [0.29, 0.717) is 11.4 Å². The minimum Gasteiger partial charge on any atom is -0.468 e. The van der Waals surface area contributed by atoms with E-state index < -0.39 is 0 Å². The Morgan fingerprint density at radius 1 is 1.11 bits per heavy atom. The minimum atomic E-state index is 0.630. The van der Waals surface area contributed by atoms with E-state index in [1.165, 1.54) is 12.5 Å². The average molecular weight is 122 g/mol. The highest BCUT2D eigenvalue weighted by Gasteiger charge is 1.97. The van der Waals surface area contributed by atoms with E-state index in [9.17, 15) is 0 Å². The Balaban J connectivity index is 3.12. The molecule has 0 aliphatic rings. The fourth-order valence-corrected chi connectivity index (χ4v) is 0.520. The first-order valence-electron chi connectivity index (χ1n) is 2.38. The molecule has 0 unspecified atom stereocenters. The van der Waals surface area contributed by atoms with Crippen LogP contribution in [0.3, 0.4) is 0 Å². The largest absolute Gasteiger partial charge is 0.468 e. The van der Waals surface area contributed by atoms with Gasteiger partial charge in [0.25, 0.3) is 0 Å². The molecule has 1 aromatic heterocycles. The van der Waals surface area contributed by atoms with Gasteiger partial charge in [-0.2, -0.15) is 0 Å². The molecule has 0 spiro atoms. The van der Waals surface area contributed by atoms with Crippen LogP contribution in [0.15, 0.2) is 26.9 Å². The third-order valence-corrected chi connectivity index (χ3v) is 0.962. The van der Waals surface area contributed by atoms with Gasteiger partial charge in [0.1, 0.15) is 23.9 Å². The molecule has 0 N–H and O–H groups in total. The predicted octanol–water partition coefficient (Wildman–Crippen LogP) is 1.94. The number of nitrogens with zero attached hydrogens (tertiary/aromatic N) is 2. The normalized spacial score (nSPS) is 8.89. The second kappa shape index (κ2) is 2.26. The number of hydrogen-bond acceptors (Lipinski definition) is 3. The van der Waals surface area contributed by atoms with Crippen molar-refractivity contribution in [3.63, 3.8) is 0 Å². The van der Waals surface area contributed by atoms with E-state index in [1.54, 1.807) is 0 Å². The Bertz CT molecular complexity index is 204. The highest BCUT2D eigenvalue weighted by molar-refractivity contribution is 5.64. The summed E-state index contributed by atoms with van der Waals surface area (Å²) in [6.45, 7) is 6.63. The lowest BCUT2D eigenvalue weighted by Crippen LogP contribution is -1.52. The summed E-state index contributed by atoms with van der Waals surface area (Å²) in [6, 6.07) is 0. The van der Waals surface area contributed by atoms with Crippen molar-refractivity contribution < 1.29 is 4.42 Å². The highest BCUT2D eigenvalue weighted by Crippen LogP contribution is 2.27. The van der Waals surface area contributed by atoms with Crippen molar-refractivity contribution in [1.29, 1.82) is 0 Å². The Kier molecular flexibility index (Phi) is 1.44. The summed E-state index contributed by atoms with van der Waals surface area (Å²) in [7, 11) is 0. The maximum atomic E-state index is 4.76. The number of hydrogen-bond donors (Lipinski definition) is 0. The SMILES string of the molecule is C=Nc1cocc1N=C. The van der Waals surface area contributed by atoms with E-state index >= 15 is 0 Å². The first-order chi connectivity index (χ1) is 4.38. The molecule has 0 aromatic carbocycles. The molecule has 0 aliphatic carbocycles. The summed E-state index contributed by atoms with van der Waals surface area (Å²) >= 11 is 0. The second-order valence-corrected chi connectivity index (χ2v) is 1.46. The molecular weight excluding hydrogens is 116 g/mol. The molecule has 0 fully saturated rings. The van der Waals surface area contributed by atoms with Crippen molar-refractivity contribution in [3.8, 4) is 0 Å². The molecule has 46 valence electrons. The maximum absolute atomic E-state index is 4.76. The molecule has 1 heterocycles. The van der Waals surface area contributed by atoms with E-state index in [-0.39, 0.29) is 0 Å². The molecule has 3 heteroatoms. The Morgan fingerprint density at radius 2 is 1.56 bits per heavy atom. The zero-order valence-corrected chi connectivity index (χ0v) is 4.87. The van der Waals surface area contributed by atoms with Crippen LogP contribution in [0.2, 0.25) is 0 Å². The van der Waals surface area contributed by atoms with Gasteiger partial charge in [0.2, 0.25) is 0 Å². The highest BCUT2D eigenvalue weighted by atomic mass is 16.3. The first-order valence-corrected chi connectivity index (χ1v) is 2.38. The summed E-state index contributed by atoms with van der Waals surface area (Å²) in [6.07, 6.45) is 2.94. The topological polar surface area (TPSA) is 37.9 Å². The van der Waals surface area contributed by atoms with Crippen molar-refractivity contribution in [3.05, 3.63) is 12.5 Å². The van der Waals surface area contributed by atoms with Crippen LogP contribution in [0.25, 0.3) is 0 Å². The van der Waals surface area contributed by atoms with Crippen LogP contribution < -0.4 is 0 Å². The predicted molar refractivity (Wildman–Crippen MR) is 37.1 cm³/mol. The number of furan rings is 1. The summed E-state index contributed by atoms with van der Waals surface area (Å²) in [4.78, 5) is 7.25. The molecule has 9 heavy (non-hydrogen) atoms. The van der Waals surface area contributed by atoms with Gasteiger partial charge in [-0.25, -0.2) is 0 Å². The molecule has 0 radical (unpaired) electrons. The fraction of sp³-hybridized carbons (Fsp3) is 0.